The van der Waals surface area contributed by atoms with Gasteiger partial charge in [0.05, 0.1) is 13.2 Å². The fourth-order valence-electron chi connectivity index (χ4n) is 2.26. The Kier molecular flexibility index (Phi) is 5.75. The molecule has 0 unspecified atom stereocenters. The molecule has 20 heavy (non-hydrogen) atoms. The third-order valence-corrected chi connectivity index (χ3v) is 3.39. The van der Waals surface area contributed by atoms with Crippen LogP contribution in [0.15, 0.2) is 4.42 Å². The number of rotatable bonds is 6. The van der Waals surface area contributed by atoms with E-state index in [1.165, 1.54) is 0 Å². The van der Waals surface area contributed by atoms with Crippen molar-refractivity contribution < 1.29 is 9.52 Å². The van der Waals surface area contributed by atoms with Gasteiger partial charge in [-0.15, -0.1) is 5.10 Å². The highest BCUT2D eigenvalue weighted by Gasteiger charge is 2.19. The monoisotopic (exact) mass is 283 g/mol. The number of aliphatic hydroxyl groups excluding tert-OH is 1. The molecular formula is C13H25N5O2. The smallest absolute Gasteiger partial charge is 0.318 e. The van der Waals surface area contributed by atoms with E-state index in [1.54, 1.807) is 0 Å². The Labute approximate surface area is 120 Å². The maximum absolute atomic E-state index is 9.00. The van der Waals surface area contributed by atoms with Crippen LogP contribution in [-0.4, -0.2) is 65.6 Å². The van der Waals surface area contributed by atoms with Crippen LogP contribution in [0.5, 0.6) is 0 Å². The number of hydrogen-bond donors (Lipinski definition) is 2. The zero-order valence-electron chi connectivity index (χ0n) is 12.4. The van der Waals surface area contributed by atoms with Gasteiger partial charge in [0, 0.05) is 32.2 Å². The lowest BCUT2D eigenvalue weighted by molar-refractivity contribution is 0.204. The minimum Gasteiger partial charge on any atom is -0.407 e. The molecule has 7 nitrogen and oxygen atoms in total. The van der Waals surface area contributed by atoms with E-state index in [9.17, 15) is 0 Å². The minimum absolute atomic E-state index is 0.214. The lowest BCUT2D eigenvalue weighted by Gasteiger charge is -2.19. The molecular weight excluding hydrogens is 258 g/mol. The van der Waals surface area contributed by atoms with Crippen molar-refractivity contribution in [3.63, 3.8) is 0 Å². The molecule has 114 valence electrons. The molecule has 0 radical (unpaired) electrons. The van der Waals surface area contributed by atoms with Crippen LogP contribution >= 0.6 is 0 Å². The fraction of sp³-hybridized carbons (Fsp3) is 0.846. The second kappa shape index (κ2) is 7.56. The minimum atomic E-state index is 0.214. The lowest BCUT2D eigenvalue weighted by Crippen LogP contribution is -2.32. The summed E-state index contributed by atoms with van der Waals surface area (Å²) in [6.07, 6.45) is 1.04. The van der Waals surface area contributed by atoms with E-state index in [0.29, 0.717) is 24.5 Å². The van der Waals surface area contributed by atoms with Gasteiger partial charge in [-0.25, -0.2) is 0 Å². The van der Waals surface area contributed by atoms with Gasteiger partial charge < -0.3 is 19.7 Å². The second-order valence-corrected chi connectivity index (χ2v) is 5.42. The zero-order chi connectivity index (χ0) is 14.4. The predicted octanol–water partition coefficient (Wildman–Crippen LogP) is 0.0720. The number of hydrogen-bond acceptors (Lipinski definition) is 7. The molecule has 2 rings (SSSR count). The molecule has 1 fully saturated rings. The molecule has 7 heteroatoms. The first kappa shape index (κ1) is 15.2. The fourth-order valence-corrected chi connectivity index (χ4v) is 2.26. The zero-order valence-corrected chi connectivity index (χ0v) is 12.4. The Balaban J connectivity index is 1.88. The van der Waals surface area contributed by atoms with Crippen molar-refractivity contribution in [1.29, 1.82) is 0 Å². The molecule has 2 heterocycles. The Hall–Kier alpha value is -1.18. The van der Waals surface area contributed by atoms with E-state index in [1.807, 2.05) is 0 Å². The number of nitrogens with zero attached hydrogens (tertiary/aromatic N) is 4. The standard InChI is InChI=1S/C13H25N5O2/c1-11(2)14-10-12-15-16-13(20-12)18-5-3-4-17(6-7-18)8-9-19/h11,14,19H,3-10H2,1-2H3. The summed E-state index contributed by atoms with van der Waals surface area (Å²) >= 11 is 0. The first-order valence-electron chi connectivity index (χ1n) is 7.33. The van der Waals surface area contributed by atoms with Crippen molar-refractivity contribution in [3.05, 3.63) is 5.89 Å². The lowest BCUT2D eigenvalue weighted by atomic mass is 10.4. The summed E-state index contributed by atoms with van der Waals surface area (Å²) in [6, 6.07) is 1.01. The van der Waals surface area contributed by atoms with Gasteiger partial charge >= 0.3 is 6.01 Å². The summed E-state index contributed by atoms with van der Waals surface area (Å²) < 4.78 is 5.70. The Morgan fingerprint density at radius 2 is 2.10 bits per heavy atom. The van der Waals surface area contributed by atoms with E-state index in [4.69, 9.17) is 9.52 Å². The highest BCUT2D eigenvalue weighted by atomic mass is 16.4. The molecule has 0 atom stereocenters. The first-order chi connectivity index (χ1) is 9.69. The van der Waals surface area contributed by atoms with Crippen LogP contribution in [0.25, 0.3) is 0 Å². The summed E-state index contributed by atoms with van der Waals surface area (Å²) in [5.41, 5.74) is 0. The van der Waals surface area contributed by atoms with Crippen LogP contribution in [0.1, 0.15) is 26.2 Å². The van der Waals surface area contributed by atoms with E-state index >= 15 is 0 Å². The van der Waals surface area contributed by atoms with Crippen molar-refractivity contribution in [2.75, 3.05) is 44.2 Å². The molecule has 0 spiro atoms. The van der Waals surface area contributed by atoms with Gasteiger partial charge in [0.2, 0.25) is 5.89 Å². The van der Waals surface area contributed by atoms with Crippen molar-refractivity contribution >= 4 is 6.01 Å². The molecule has 1 saturated heterocycles. The molecule has 0 amide bonds. The van der Waals surface area contributed by atoms with Crippen molar-refractivity contribution in [1.82, 2.24) is 20.4 Å². The topological polar surface area (TPSA) is 77.7 Å². The molecule has 0 aromatic carbocycles. The summed E-state index contributed by atoms with van der Waals surface area (Å²) in [4.78, 5) is 4.39. The SMILES string of the molecule is CC(C)NCc1nnc(N2CCCN(CCO)CC2)o1. The third kappa shape index (κ3) is 4.43. The second-order valence-electron chi connectivity index (χ2n) is 5.42. The number of aromatic nitrogens is 2. The van der Waals surface area contributed by atoms with E-state index in [0.717, 1.165) is 39.1 Å². The summed E-state index contributed by atoms with van der Waals surface area (Å²) in [7, 11) is 0. The van der Waals surface area contributed by atoms with Crippen molar-refractivity contribution in [2.45, 2.75) is 32.9 Å². The first-order valence-corrected chi connectivity index (χ1v) is 7.33. The van der Waals surface area contributed by atoms with E-state index < -0.39 is 0 Å². The van der Waals surface area contributed by atoms with Gasteiger partial charge in [0.25, 0.3) is 0 Å². The van der Waals surface area contributed by atoms with Gasteiger partial charge in [0.15, 0.2) is 0 Å². The summed E-state index contributed by atoms with van der Waals surface area (Å²) in [5.74, 6) is 0.630. The summed E-state index contributed by atoms with van der Waals surface area (Å²) in [6.45, 7) is 9.43. The van der Waals surface area contributed by atoms with Gasteiger partial charge in [-0.1, -0.05) is 18.9 Å². The number of β-amino-alcohol motifs (C(OH)–C–C–N with tert-alkyl or cyclic N) is 1. The average molecular weight is 283 g/mol. The number of anilines is 1. The number of aliphatic hydroxyl groups is 1. The molecule has 1 aromatic heterocycles. The van der Waals surface area contributed by atoms with Crippen LogP contribution in [0.3, 0.4) is 0 Å². The summed E-state index contributed by atoms with van der Waals surface area (Å²) in [5, 5.41) is 20.5. The largest absolute Gasteiger partial charge is 0.407 e. The Morgan fingerprint density at radius 1 is 1.25 bits per heavy atom. The van der Waals surface area contributed by atoms with Gasteiger partial charge in [-0.2, -0.15) is 0 Å². The van der Waals surface area contributed by atoms with Crippen LogP contribution in [0.2, 0.25) is 0 Å². The van der Waals surface area contributed by atoms with Crippen LogP contribution in [0, 0.1) is 0 Å². The maximum Gasteiger partial charge on any atom is 0.318 e. The molecule has 2 N–H and O–H groups in total. The molecule has 1 aliphatic rings. The Morgan fingerprint density at radius 3 is 2.85 bits per heavy atom. The molecule has 0 saturated carbocycles. The maximum atomic E-state index is 9.00. The normalized spacial score (nSPS) is 17.7. The molecule has 1 aliphatic heterocycles. The van der Waals surface area contributed by atoms with Crippen LogP contribution in [0.4, 0.5) is 6.01 Å². The van der Waals surface area contributed by atoms with Crippen molar-refractivity contribution in [3.8, 4) is 0 Å². The predicted molar refractivity (Wildman–Crippen MR) is 76.6 cm³/mol. The molecule has 0 aliphatic carbocycles. The van der Waals surface area contributed by atoms with Crippen molar-refractivity contribution in [2.24, 2.45) is 0 Å². The highest BCUT2D eigenvalue weighted by Crippen LogP contribution is 2.14. The van der Waals surface area contributed by atoms with E-state index in [2.05, 4.69) is 39.2 Å². The molecule has 1 aromatic rings. The average Bonchev–Trinajstić information content (AvgIpc) is 2.77. The third-order valence-electron chi connectivity index (χ3n) is 3.39. The quantitative estimate of drug-likeness (QED) is 0.765. The Bertz CT molecular complexity index is 396. The van der Waals surface area contributed by atoms with Crippen LogP contribution in [-0.2, 0) is 6.54 Å². The number of nitrogens with one attached hydrogen (secondary N) is 1. The van der Waals surface area contributed by atoms with Gasteiger partial charge in [-0.3, -0.25) is 4.90 Å². The molecule has 0 bridgehead atoms. The van der Waals surface area contributed by atoms with Gasteiger partial charge in [0.1, 0.15) is 0 Å². The van der Waals surface area contributed by atoms with E-state index in [-0.39, 0.29) is 6.61 Å². The highest BCUT2D eigenvalue weighted by molar-refractivity contribution is 5.24. The van der Waals surface area contributed by atoms with Gasteiger partial charge in [-0.05, 0) is 13.0 Å². The van der Waals surface area contributed by atoms with Crippen LogP contribution < -0.4 is 10.2 Å².